The summed E-state index contributed by atoms with van der Waals surface area (Å²) in [7, 11) is 0. The van der Waals surface area contributed by atoms with Crippen LogP contribution in [0.5, 0.6) is 0 Å². The first-order valence-electron chi connectivity index (χ1n) is 6.10. The van der Waals surface area contributed by atoms with Crippen molar-refractivity contribution in [1.29, 1.82) is 0 Å². The van der Waals surface area contributed by atoms with E-state index in [-0.39, 0.29) is 0 Å². The van der Waals surface area contributed by atoms with Crippen LogP contribution in [0.1, 0.15) is 38.5 Å². The van der Waals surface area contributed by atoms with Gasteiger partial charge in [-0.1, -0.05) is 12.8 Å². The maximum Gasteiger partial charge on any atom is 0.238 e. The molecule has 1 aliphatic heterocycles. The Labute approximate surface area is 91.4 Å². The average molecular weight is 211 g/mol. The quantitative estimate of drug-likeness (QED) is 0.745. The Bertz CT molecular complexity index is 226. The van der Waals surface area contributed by atoms with Gasteiger partial charge in [-0.25, -0.2) is 5.01 Å². The lowest BCUT2D eigenvalue weighted by molar-refractivity contribution is -0.142. The standard InChI is InChI=1S/C11H21N3O/c12-7-3-8-13-9-6-11(15)14(13)10-4-1-2-5-10/h10H,1-9,12H2. The van der Waals surface area contributed by atoms with Gasteiger partial charge in [-0.15, -0.1) is 0 Å². The molecule has 1 heterocycles. The summed E-state index contributed by atoms with van der Waals surface area (Å²) in [5, 5.41) is 4.24. The fourth-order valence-corrected chi connectivity index (χ4v) is 2.68. The Hall–Kier alpha value is -0.610. The molecule has 2 rings (SSSR count). The fourth-order valence-electron chi connectivity index (χ4n) is 2.68. The van der Waals surface area contributed by atoms with Gasteiger partial charge in [-0.2, -0.15) is 0 Å². The predicted molar refractivity (Wildman–Crippen MR) is 59.0 cm³/mol. The van der Waals surface area contributed by atoms with Gasteiger partial charge < -0.3 is 5.73 Å². The lowest BCUT2D eigenvalue weighted by Gasteiger charge is -2.33. The van der Waals surface area contributed by atoms with E-state index < -0.39 is 0 Å². The van der Waals surface area contributed by atoms with Crippen LogP contribution >= 0.6 is 0 Å². The Kier molecular flexibility index (Phi) is 3.59. The summed E-state index contributed by atoms with van der Waals surface area (Å²) < 4.78 is 0. The van der Waals surface area contributed by atoms with Crippen LogP contribution in [-0.4, -0.2) is 41.6 Å². The third kappa shape index (κ3) is 2.32. The third-order valence-electron chi connectivity index (χ3n) is 3.43. The first-order valence-corrected chi connectivity index (χ1v) is 6.10. The first kappa shape index (κ1) is 10.9. The van der Waals surface area contributed by atoms with Crippen LogP contribution in [0.3, 0.4) is 0 Å². The van der Waals surface area contributed by atoms with Crippen molar-refractivity contribution in [3.63, 3.8) is 0 Å². The zero-order valence-electron chi connectivity index (χ0n) is 9.32. The van der Waals surface area contributed by atoms with E-state index in [1.54, 1.807) is 0 Å². The second kappa shape index (κ2) is 4.94. The summed E-state index contributed by atoms with van der Waals surface area (Å²) >= 11 is 0. The van der Waals surface area contributed by atoms with E-state index in [1.807, 2.05) is 5.01 Å². The van der Waals surface area contributed by atoms with Gasteiger partial charge in [0.05, 0.1) is 0 Å². The van der Waals surface area contributed by atoms with Gasteiger partial charge in [-0.3, -0.25) is 9.80 Å². The molecule has 0 spiro atoms. The zero-order valence-corrected chi connectivity index (χ0v) is 9.32. The number of hydrazine groups is 1. The van der Waals surface area contributed by atoms with E-state index in [0.717, 1.165) is 19.5 Å². The predicted octanol–water partition coefficient (Wildman–Crippen LogP) is 0.727. The fraction of sp³-hybridized carbons (Fsp3) is 0.909. The van der Waals surface area contributed by atoms with Crippen molar-refractivity contribution in [2.24, 2.45) is 5.73 Å². The molecule has 1 saturated carbocycles. The molecule has 2 aliphatic rings. The van der Waals surface area contributed by atoms with Crippen LogP contribution in [0, 0.1) is 0 Å². The van der Waals surface area contributed by atoms with Gasteiger partial charge in [0.25, 0.3) is 0 Å². The number of hydrogen-bond donors (Lipinski definition) is 1. The minimum absolute atomic E-state index is 0.318. The Balaban J connectivity index is 1.94. The van der Waals surface area contributed by atoms with Gasteiger partial charge in [0.15, 0.2) is 0 Å². The number of rotatable bonds is 4. The van der Waals surface area contributed by atoms with E-state index in [9.17, 15) is 4.79 Å². The molecule has 0 atom stereocenters. The van der Waals surface area contributed by atoms with Gasteiger partial charge in [0.2, 0.25) is 5.91 Å². The molecule has 15 heavy (non-hydrogen) atoms. The number of hydrogen-bond acceptors (Lipinski definition) is 3. The maximum absolute atomic E-state index is 11.8. The summed E-state index contributed by atoms with van der Waals surface area (Å²) in [5.74, 6) is 0.318. The van der Waals surface area contributed by atoms with Crippen molar-refractivity contribution in [2.75, 3.05) is 19.6 Å². The highest BCUT2D eigenvalue weighted by atomic mass is 16.2. The van der Waals surface area contributed by atoms with E-state index >= 15 is 0 Å². The normalized spacial score (nSPS) is 24.3. The first-order chi connectivity index (χ1) is 7.33. The van der Waals surface area contributed by atoms with Gasteiger partial charge >= 0.3 is 0 Å². The minimum atomic E-state index is 0.318. The van der Waals surface area contributed by atoms with Crippen LogP contribution in [0.2, 0.25) is 0 Å². The molecule has 0 aromatic carbocycles. The Morgan fingerprint density at radius 3 is 2.73 bits per heavy atom. The van der Waals surface area contributed by atoms with Gasteiger partial charge in [0, 0.05) is 25.6 Å². The van der Waals surface area contributed by atoms with Gasteiger partial charge in [-0.05, 0) is 25.8 Å². The summed E-state index contributed by atoms with van der Waals surface area (Å²) in [5.41, 5.74) is 5.51. The van der Waals surface area contributed by atoms with Crippen LogP contribution in [-0.2, 0) is 4.79 Å². The molecule has 4 nitrogen and oxygen atoms in total. The second-order valence-electron chi connectivity index (χ2n) is 4.52. The topological polar surface area (TPSA) is 49.6 Å². The largest absolute Gasteiger partial charge is 0.330 e. The number of amides is 1. The van der Waals surface area contributed by atoms with E-state index in [2.05, 4.69) is 5.01 Å². The van der Waals surface area contributed by atoms with E-state index in [4.69, 9.17) is 5.73 Å². The van der Waals surface area contributed by atoms with Crippen LogP contribution in [0.15, 0.2) is 0 Å². The van der Waals surface area contributed by atoms with Crippen LogP contribution in [0.4, 0.5) is 0 Å². The summed E-state index contributed by atoms with van der Waals surface area (Å²) in [6.07, 6.45) is 6.60. The van der Waals surface area contributed by atoms with Crippen LogP contribution < -0.4 is 5.73 Å². The number of carbonyl (C=O) groups excluding carboxylic acids is 1. The average Bonchev–Trinajstić information content (AvgIpc) is 2.84. The Morgan fingerprint density at radius 2 is 2.07 bits per heavy atom. The van der Waals surface area contributed by atoms with Crippen molar-refractivity contribution in [2.45, 2.75) is 44.6 Å². The summed E-state index contributed by atoms with van der Waals surface area (Å²) in [4.78, 5) is 11.8. The SMILES string of the molecule is NCCCN1CCC(=O)N1C1CCCC1. The highest BCUT2D eigenvalue weighted by molar-refractivity contribution is 5.78. The molecule has 1 saturated heterocycles. The highest BCUT2D eigenvalue weighted by Gasteiger charge is 2.35. The van der Waals surface area contributed by atoms with Crippen molar-refractivity contribution >= 4 is 5.91 Å². The summed E-state index contributed by atoms with van der Waals surface area (Å²) in [6.45, 7) is 2.55. The lowest BCUT2D eigenvalue weighted by Crippen LogP contribution is -2.45. The molecule has 4 heteroatoms. The molecule has 0 unspecified atom stereocenters. The molecule has 1 aliphatic carbocycles. The van der Waals surface area contributed by atoms with Gasteiger partial charge in [0.1, 0.15) is 0 Å². The zero-order chi connectivity index (χ0) is 10.7. The van der Waals surface area contributed by atoms with E-state index in [0.29, 0.717) is 24.9 Å². The molecule has 0 bridgehead atoms. The molecule has 2 N–H and O–H groups in total. The van der Waals surface area contributed by atoms with Crippen molar-refractivity contribution in [3.05, 3.63) is 0 Å². The van der Waals surface area contributed by atoms with Crippen molar-refractivity contribution in [1.82, 2.24) is 10.0 Å². The molecule has 0 aromatic rings. The van der Waals surface area contributed by atoms with Crippen molar-refractivity contribution < 1.29 is 4.79 Å². The van der Waals surface area contributed by atoms with Crippen molar-refractivity contribution in [3.8, 4) is 0 Å². The molecule has 0 radical (unpaired) electrons. The number of nitrogens with zero attached hydrogens (tertiary/aromatic N) is 2. The molecule has 2 fully saturated rings. The number of carbonyl (C=O) groups is 1. The second-order valence-corrected chi connectivity index (χ2v) is 4.52. The molecular formula is C11H21N3O. The monoisotopic (exact) mass is 211 g/mol. The molecule has 0 aromatic heterocycles. The maximum atomic E-state index is 11.8. The molecular weight excluding hydrogens is 190 g/mol. The van der Waals surface area contributed by atoms with E-state index in [1.165, 1.54) is 25.7 Å². The smallest absolute Gasteiger partial charge is 0.238 e. The third-order valence-corrected chi connectivity index (χ3v) is 3.43. The highest BCUT2D eigenvalue weighted by Crippen LogP contribution is 2.28. The lowest BCUT2D eigenvalue weighted by atomic mass is 10.2. The number of nitrogens with two attached hydrogens (primary N) is 1. The minimum Gasteiger partial charge on any atom is -0.330 e. The molecule has 1 amide bonds. The summed E-state index contributed by atoms with van der Waals surface area (Å²) in [6, 6.07) is 0.484. The van der Waals surface area contributed by atoms with Crippen LogP contribution in [0.25, 0.3) is 0 Å². The Morgan fingerprint density at radius 1 is 1.33 bits per heavy atom. The molecule has 86 valence electrons.